The Balaban J connectivity index is 0.00000131. The lowest BCUT2D eigenvalue weighted by molar-refractivity contribution is 0.344. The van der Waals surface area contributed by atoms with Gasteiger partial charge in [0.1, 0.15) is 6.33 Å². The largest absolute Gasteiger partial charge is 0.373 e. The molecule has 0 saturated heterocycles. The molecule has 1 aromatic rings. The van der Waals surface area contributed by atoms with Gasteiger partial charge in [0.25, 0.3) is 0 Å². The van der Waals surface area contributed by atoms with E-state index in [1.807, 2.05) is 12.4 Å². The summed E-state index contributed by atoms with van der Waals surface area (Å²) in [5, 5.41) is 0. The maximum absolute atomic E-state index is 4.16. The van der Waals surface area contributed by atoms with Gasteiger partial charge in [-0.25, -0.2) is 9.97 Å². The van der Waals surface area contributed by atoms with Gasteiger partial charge in [0.05, 0.1) is 0 Å². The van der Waals surface area contributed by atoms with Crippen molar-refractivity contribution in [3.63, 3.8) is 0 Å². The predicted molar refractivity (Wildman–Crippen MR) is 117 cm³/mol. The van der Waals surface area contributed by atoms with Crippen molar-refractivity contribution >= 4 is 30.4 Å². The summed E-state index contributed by atoms with van der Waals surface area (Å²) in [7, 11) is 0. The first-order valence-electron chi connectivity index (χ1n) is 9.31. The highest BCUT2D eigenvalue weighted by Crippen LogP contribution is 2.30. The lowest BCUT2D eigenvalue weighted by Crippen LogP contribution is -2.27. The minimum atomic E-state index is 0. The molecule has 1 unspecified atom stereocenters. The van der Waals surface area contributed by atoms with Gasteiger partial charge in [-0.3, -0.25) is 0 Å². The summed E-state index contributed by atoms with van der Waals surface area (Å²) in [5.41, 5.74) is 5.47. The van der Waals surface area contributed by atoms with Crippen LogP contribution in [0.1, 0.15) is 37.7 Å². The van der Waals surface area contributed by atoms with E-state index in [0.717, 1.165) is 32.4 Å². The molecule has 5 heteroatoms. The first-order chi connectivity index (χ1) is 12.4. The Kier molecular flexibility index (Phi) is 8.33. The third kappa shape index (κ3) is 5.57. The fourth-order valence-corrected chi connectivity index (χ4v) is 3.90. The van der Waals surface area contributed by atoms with Crippen molar-refractivity contribution < 1.29 is 0 Å². The van der Waals surface area contributed by atoms with Gasteiger partial charge in [-0.2, -0.15) is 0 Å². The zero-order chi connectivity index (χ0) is 16.9. The van der Waals surface area contributed by atoms with Gasteiger partial charge in [0, 0.05) is 31.0 Å². The van der Waals surface area contributed by atoms with Crippen LogP contribution in [0.3, 0.4) is 0 Å². The fraction of sp³-hybridized carbons (Fsp3) is 0.364. The van der Waals surface area contributed by atoms with E-state index in [9.17, 15) is 0 Å². The molecule has 4 rings (SSSR count). The van der Waals surface area contributed by atoms with Gasteiger partial charge < -0.3 is 4.90 Å². The van der Waals surface area contributed by atoms with E-state index in [4.69, 9.17) is 0 Å². The highest BCUT2D eigenvalue weighted by molar-refractivity contribution is 5.85. The number of nitrogens with zero attached hydrogens (tertiary/aromatic N) is 3. The van der Waals surface area contributed by atoms with Crippen molar-refractivity contribution in [2.45, 2.75) is 32.1 Å². The predicted octanol–water partition coefficient (Wildman–Crippen LogP) is 5.54. The molecule has 0 amide bonds. The molecule has 0 bridgehead atoms. The summed E-state index contributed by atoms with van der Waals surface area (Å²) in [6.45, 7) is 2.11. The van der Waals surface area contributed by atoms with Gasteiger partial charge in [-0.05, 0) is 67.0 Å². The lowest BCUT2D eigenvalue weighted by atomic mass is 9.87. The lowest BCUT2D eigenvalue weighted by Gasteiger charge is -2.29. The van der Waals surface area contributed by atoms with Crippen LogP contribution in [0.5, 0.6) is 0 Å². The van der Waals surface area contributed by atoms with Crippen LogP contribution in [0.4, 0.5) is 0 Å². The van der Waals surface area contributed by atoms with Gasteiger partial charge >= 0.3 is 0 Å². The molecule has 0 fully saturated rings. The second-order valence-electron chi connectivity index (χ2n) is 7.04. The normalized spacial score (nSPS) is 21.4. The van der Waals surface area contributed by atoms with Crippen molar-refractivity contribution in [2.75, 3.05) is 13.1 Å². The molecule has 1 atom stereocenters. The molecule has 27 heavy (non-hydrogen) atoms. The number of halogens is 2. The maximum Gasteiger partial charge on any atom is 0.115 e. The molecular weight excluding hydrogens is 377 g/mol. The van der Waals surface area contributed by atoms with Gasteiger partial charge in [-0.15, -0.1) is 24.8 Å². The monoisotopic (exact) mass is 403 g/mol. The quantitative estimate of drug-likeness (QED) is 0.618. The zero-order valence-corrected chi connectivity index (χ0v) is 17.1. The minimum Gasteiger partial charge on any atom is -0.373 e. The highest BCUT2D eigenvalue weighted by Gasteiger charge is 2.18. The van der Waals surface area contributed by atoms with E-state index in [-0.39, 0.29) is 24.8 Å². The van der Waals surface area contributed by atoms with Crippen molar-refractivity contribution in [3.05, 3.63) is 78.1 Å². The topological polar surface area (TPSA) is 29.0 Å². The van der Waals surface area contributed by atoms with E-state index in [0.29, 0.717) is 5.92 Å². The highest BCUT2D eigenvalue weighted by atomic mass is 35.5. The molecule has 0 radical (unpaired) electrons. The van der Waals surface area contributed by atoms with Crippen LogP contribution in [0.25, 0.3) is 5.57 Å². The summed E-state index contributed by atoms with van der Waals surface area (Å²) < 4.78 is 0. The van der Waals surface area contributed by atoms with Crippen LogP contribution >= 0.6 is 24.8 Å². The average molecular weight is 404 g/mol. The molecule has 0 spiro atoms. The van der Waals surface area contributed by atoms with E-state index >= 15 is 0 Å². The van der Waals surface area contributed by atoms with Gasteiger partial charge in [0.2, 0.25) is 0 Å². The third-order valence-electron chi connectivity index (χ3n) is 5.24. The molecule has 1 aliphatic heterocycles. The smallest absolute Gasteiger partial charge is 0.115 e. The van der Waals surface area contributed by atoms with E-state index < -0.39 is 0 Å². The molecule has 1 aromatic heterocycles. The minimum absolute atomic E-state index is 0. The molecule has 0 N–H and O–H groups in total. The SMILES string of the molecule is C1=CCC(C2=CCN(CC3C=C(c4cncnc4)CCC3)C=C2)=CC1.Cl.Cl. The summed E-state index contributed by atoms with van der Waals surface area (Å²) in [6, 6.07) is 0. The molecule has 2 aliphatic carbocycles. The molecule has 2 heterocycles. The number of hydrogen-bond acceptors (Lipinski definition) is 3. The number of rotatable bonds is 4. The van der Waals surface area contributed by atoms with Crippen LogP contribution in [0.15, 0.2) is 72.5 Å². The summed E-state index contributed by atoms with van der Waals surface area (Å²) in [5.74, 6) is 0.611. The second-order valence-corrected chi connectivity index (χ2v) is 7.04. The van der Waals surface area contributed by atoms with Gasteiger partial charge in [0.15, 0.2) is 0 Å². The molecule has 3 nitrogen and oxygen atoms in total. The molecule has 3 aliphatic rings. The van der Waals surface area contributed by atoms with Crippen LogP contribution in [0.2, 0.25) is 0 Å². The Morgan fingerprint density at radius 1 is 1.04 bits per heavy atom. The van der Waals surface area contributed by atoms with E-state index in [2.05, 4.69) is 57.5 Å². The fourth-order valence-electron chi connectivity index (χ4n) is 3.90. The van der Waals surface area contributed by atoms with E-state index in [1.54, 1.807) is 6.33 Å². The van der Waals surface area contributed by atoms with Crippen molar-refractivity contribution in [1.82, 2.24) is 14.9 Å². The van der Waals surface area contributed by atoms with Gasteiger partial charge in [-0.1, -0.05) is 30.4 Å². The zero-order valence-electron chi connectivity index (χ0n) is 15.5. The average Bonchev–Trinajstić information content (AvgIpc) is 2.70. The Bertz CT molecular complexity index is 763. The number of aromatic nitrogens is 2. The maximum atomic E-state index is 4.16. The third-order valence-corrected chi connectivity index (χ3v) is 5.24. The Morgan fingerprint density at radius 3 is 2.59 bits per heavy atom. The Hall–Kier alpha value is -1.84. The molecular formula is C22H27Cl2N3. The molecule has 0 aromatic carbocycles. The first-order valence-corrected chi connectivity index (χ1v) is 9.31. The molecule has 0 saturated carbocycles. The second kappa shape index (κ2) is 10.5. The standard InChI is InChI=1S/C22H25N3.2ClH/c1-2-6-19(7-3-1)20-9-11-25(12-10-20)16-18-5-4-8-21(13-18)22-14-23-17-24-15-22;;/h1-2,7,9-11,13-15,17-18H,3-6,8,12,16H2;2*1H. The Labute approximate surface area is 174 Å². The van der Waals surface area contributed by atoms with E-state index in [1.165, 1.54) is 35.1 Å². The van der Waals surface area contributed by atoms with Crippen LogP contribution in [0, 0.1) is 5.92 Å². The number of hydrogen-bond donors (Lipinski definition) is 0. The first kappa shape index (κ1) is 21.5. The van der Waals surface area contributed by atoms with Crippen LogP contribution in [-0.4, -0.2) is 28.0 Å². The summed E-state index contributed by atoms with van der Waals surface area (Å²) >= 11 is 0. The van der Waals surface area contributed by atoms with Crippen LogP contribution in [-0.2, 0) is 0 Å². The van der Waals surface area contributed by atoms with Crippen molar-refractivity contribution in [2.24, 2.45) is 5.92 Å². The Morgan fingerprint density at radius 2 is 1.89 bits per heavy atom. The number of allylic oxidation sites excluding steroid dienone is 7. The molecule has 144 valence electrons. The van der Waals surface area contributed by atoms with Crippen molar-refractivity contribution in [1.29, 1.82) is 0 Å². The van der Waals surface area contributed by atoms with Crippen LogP contribution < -0.4 is 0 Å². The summed E-state index contributed by atoms with van der Waals surface area (Å²) in [4.78, 5) is 10.8. The van der Waals surface area contributed by atoms with Crippen molar-refractivity contribution in [3.8, 4) is 0 Å². The summed E-state index contributed by atoms with van der Waals surface area (Å²) in [6.07, 6.45) is 27.5.